The molecule has 0 unspecified atom stereocenters. The number of nitrogens with one attached hydrogen (secondary N) is 1. The van der Waals surface area contributed by atoms with Gasteiger partial charge < -0.3 is 11.1 Å². The van der Waals surface area contributed by atoms with E-state index in [-0.39, 0.29) is 25.0 Å². The van der Waals surface area contributed by atoms with Gasteiger partial charge in [-0.3, -0.25) is 14.4 Å². The van der Waals surface area contributed by atoms with Gasteiger partial charge in [-0.2, -0.15) is 13.2 Å². The molecule has 1 aromatic rings. The summed E-state index contributed by atoms with van der Waals surface area (Å²) in [4.78, 5) is 34.5. The number of alkyl halides is 3. The third-order valence-corrected chi connectivity index (χ3v) is 3.43. The quantitative estimate of drug-likeness (QED) is 0.756. The zero-order valence-corrected chi connectivity index (χ0v) is 13.2. The number of amides is 2. The SMILES string of the molecule is CCC(=O)CC[C@H](NC(=O)Cc1ccc(C(F)(F)F)cc1)C(N)=O. The molecular weight excluding hydrogens is 325 g/mol. The summed E-state index contributed by atoms with van der Waals surface area (Å²) < 4.78 is 37.4. The molecule has 0 aliphatic carbocycles. The highest BCUT2D eigenvalue weighted by Crippen LogP contribution is 2.29. The van der Waals surface area contributed by atoms with Crippen LogP contribution in [0.2, 0.25) is 0 Å². The molecule has 0 saturated carbocycles. The first-order chi connectivity index (χ1) is 11.1. The summed E-state index contributed by atoms with van der Waals surface area (Å²) >= 11 is 0. The van der Waals surface area contributed by atoms with E-state index in [1.165, 1.54) is 12.1 Å². The van der Waals surface area contributed by atoms with Crippen molar-refractivity contribution >= 4 is 17.6 Å². The second-order valence-electron chi connectivity index (χ2n) is 5.32. The molecule has 0 spiro atoms. The topological polar surface area (TPSA) is 89.3 Å². The number of carbonyl (C=O) groups is 3. The van der Waals surface area contributed by atoms with E-state index in [1.807, 2.05) is 0 Å². The summed E-state index contributed by atoms with van der Waals surface area (Å²) in [7, 11) is 0. The highest BCUT2D eigenvalue weighted by Gasteiger charge is 2.30. The first kappa shape index (κ1) is 19.7. The fourth-order valence-corrected chi connectivity index (χ4v) is 2.01. The van der Waals surface area contributed by atoms with Crippen LogP contribution in [-0.4, -0.2) is 23.6 Å². The predicted octanol–water partition coefficient (Wildman–Crippen LogP) is 1.98. The van der Waals surface area contributed by atoms with Crippen molar-refractivity contribution in [2.24, 2.45) is 5.73 Å². The van der Waals surface area contributed by atoms with Gasteiger partial charge in [-0.25, -0.2) is 0 Å². The fourth-order valence-electron chi connectivity index (χ4n) is 2.01. The third-order valence-electron chi connectivity index (χ3n) is 3.43. The molecule has 0 fully saturated rings. The maximum Gasteiger partial charge on any atom is 0.416 e. The van der Waals surface area contributed by atoms with E-state index in [4.69, 9.17) is 5.73 Å². The van der Waals surface area contributed by atoms with Gasteiger partial charge in [-0.1, -0.05) is 19.1 Å². The van der Waals surface area contributed by atoms with Crippen LogP contribution >= 0.6 is 0 Å². The van der Waals surface area contributed by atoms with Crippen LogP contribution in [0.3, 0.4) is 0 Å². The summed E-state index contributed by atoms with van der Waals surface area (Å²) in [6.07, 6.45) is -4.09. The lowest BCUT2D eigenvalue weighted by molar-refractivity contribution is -0.137. The van der Waals surface area contributed by atoms with E-state index >= 15 is 0 Å². The first-order valence-electron chi connectivity index (χ1n) is 7.40. The van der Waals surface area contributed by atoms with Gasteiger partial charge in [0.15, 0.2) is 0 Å². The van der Waals surface area contributed by atoms with Crippen molar-refractivity contribution in [2.75, 3.05) is 0 Å². The summed E-state index contributed by atoms with van der Waals surface area (Å²) in [5.41, 5.74) is 4.75. The first-order valence-corrected chi connectivity index (χ1v) is 7.40. The Kier molecular flexibility index (Phi) is 6.94. The molecule has 2 amide bonds. The highest BCUT2D eigenvalue weighted by molar-refractivity contribution is 5.88. The number of nitrogens with two attached hydrogens (primary N) is 1. The van der Waals surface area contributed by atoms with E-state index in [1.54, 1.807) is 6.92 Å². The van der Waals surface area contributed by atoms with Crippen molar-refractivity contribution in [1.29, 1.82) is 0 Å². The van der Waals surface area contributed by atoms with Crippen LogP contribution in [-0.2, 0) is 27.0 Å². The zero-order valence-electron chi connectivity index (χ0n) is 13.2. The molecule has 0 aliphatic heterocycles. The molecule has 1 atom stereocenters. The highest BCUT2D eigenvalue weighted by atomic mass is 19.4. The number of hydrogen-bond donors (Lipinski definition) is 2. The number of rotatable bonds is 8. The van der Waals surface area contributed by atoms with Crippen molar-refractivity contribution in [1.82, 2.24) is 5.32 Å². The number of halogens is 3. The second kappa shape index (κ2) is 8.47. The molecule has 1 aromatic carbocycles. The van der Waals surface area contributed by atoms with Crippen LogP contribution in [0, 0.1) is 0 Å². The van der Waals surface area contributed by atoms with Crippen LogP contribution in [0.1, 0.15) is 37.3 Å². The Morgan fingerprint density at radius 2 is 1.75 bits per heavy atom. The Morgan fingerprint density at radius 1 is 1.17 bits per heavy atom. The number of primary amides is 1. The Labute approximate surface area is 137 Å². The summed E-state index contributed by atoms with van der Waals surface area (Å²) in [5.74, 6) is -1.37. The maximum absolute atomic E-state index is 12.5. The number of carbonyl (C=O) groups excluding carboxylic acids is 3. The Balaban J connectivity index is 2.62. The van der Waals surface area contributed by atoms with Crippen molar-refractivity contribution < 1.29 is 27.6 Å². The number of hydrogen-bond acceptors (Lipinski definition) is 3. The van der Waals surface area contributed by atoms with Crippen LogP contribution in [0.15, 0.2) is 24.3 Å². The van der Waals surface area contributed by atoms with Crippen molar-refractivity contribution in [3.8, 4) is 0 Å². The van der Waals surface area contributed by atoms with E-state index in [0.717, 1.165) is 12.1 Å². The smallest absolute Gasteiger partial charge is 0.368 e. The molecule has 0 heterocycles. The van der Waals surface area contributed by atoms with E-state index in [9.17, 15) is 27.6 Å². The van der Waals surface area contributed by atoms with Crippen LogP contribution in [0.25, 0.3) is 0 Å². The number of Topliss-reactive ketones (excluding diaryl/α,β-unsaturated/α-hetero) is 1. The van der Waals surface area contributed by atoms with Gasteiger partial charge in [0.05, 0.1) is 12.0 Å². The van der Waals surface area contributed by atoms with Gasteiger partial charge in [0.2, 0.25) is 11.8 Å². The van der Waals surface area contributed by atoms with Crippen LogP contribution < -0.4 is 11.1 Å². The summed E-state index contributed by atoms with van der Waals surface area (Å²) in [6.45, 7) is 1.69. The molecule has 0 bridgehead atoms. The summed E-state index contributed by atoms with van der Waals surface area (Å²) in [6, 6.07) is 3.18. The standard InChI is InChI=1S/C16H19F3N2O3/c1-2-12(22)7-8-13(15(20)24)21-14(23)9-10-3-5-11(6-4-10)16(17,18)19/h3-6,13H,2,7-9H2,1H3,(H2,20,24)(H,21,23)/t13-/m0/s1. The van der Waals surface area contributed by atoms with Crippen molar-refractivity contribution in [2.45, 2.75) is 44.8 Å². The van der Waals surface area contributed by atoms with Gasteiger partial charge in [0.25, 0.3) is 0 Å². The molecule has 1 rings (SSSR count). The molecule has 132 valence electrons. The van der Waals surface area contributed by atoms with E-state index in [0.29, 0.717) is 12.0 Å². The lowest BCUT2D eigenvalue weighted by Gasteiger charge is -2.15. The average molecular weight is 344 g/mol. The number of benzene rings is 1. The van der Waals surface area contributed by atoms with E-state index < -0.39 is 29.6 Å². The van der Waals surface area contributed by atoms with Gasteiger partial charge in [0.1, 0.15) is 11.8 Å². The molecule has 0 aromatic heterocycles. The van der Waals surface area contributed by atoms with Gasteiger partial charge in [-0.15, -0.1) is 0 Å². The Bertz CT molecular complexity index is 598. The molecule has 0 saturated heterocycles. The van der Waals surface area contributed by atoms with Crippen LogP contribution in [0.4, 0.5) is 13.2 Å². The molecule has 0 aliphatic rings. The Morgan fingerprint density at radius 3 is 2.21 bits per heavy atom. The maximum atomic E-state index is 12.5. The monoisotopic (exact) mass is 344 g/mol. The molecule has 0 radical (unpaired) electrons. The third kappa shape index (κ3) is 6.39. The van der Waals surface area contributed by atoms with Gasteiger partial charge in [0, 0.05) is 12.8 Å². The lowest BCUT2D eigenvalue weighted by Crippen LogP contribution is -2.45. The number of ketones is 1. The molecule has 3 N–H and O–H groups in total. The van der Waals surface area contributed by atoms with Gasteiger partial charge in [-0.05, 0) is 24.1 Å². The fraction of sp³-hybridized carbons (Fsp3) is 0.438. The molecule has 8 heteroatoms. The lowest BCUT2D eigenvalue weighted by atomic mass is 10.1. The minimum atomic E-state index is -4.44. The van der Waals surface area contributed by atoms with Crippen LogP contribution in [0.5, 0.6) is 0 Å². The van der Waals surface area contributed by atoms with Crippen molar-refractivity contribution in [3.05, 3.63) is 35.4 Å². The minimum absolute atomic E-state index is 0.0572. The normalized spacial score (nSPS) is 12.5. The zero-order chi connectivity index (χ0) is 18.3. The van der Waals surface area contributed by atoms with Gasteiger partial charge >= 0.3 is 6.18 Å². The van der Waals surface area contributed by atoms with E-state index in [2.05, 4.69) is 5.32 Å². The summed E-state index contributed by atoms with van der Waals surface area (Å²) in [5, 5.41) is 2.40. The molecule has 5 nitrogen and oxygen atoms in total. The average Bonchev–Trinajstić information content (AvgIpc) is 2.50. The van der Waals surface area contributed by atoms with Crippen molar-refractivity contribution in [3.63, 3.8) is 0 Å². The molecular formula is C16H19F3N2O3. The Hall–Kier alpha value is -2.38. The largest absolute Gasteiger partial charge is 0.416 e. The molecule has 24 heavy (non-hydrogen) atoms. The second-order valence-corrected chi connectivity index (χ2v) is 5.32. The minimum Gasteiger partial charge on any atom is -0.368 e. The predicted molar refractivity (Wildman–Crippen MR) is 80.8 cm³/mol.